The fraction of sp³-hybridized carbons (Fsp3) is 0.321. The molecule has 0 aliphatic heterocycles. The Bertz CT molecular complexity index is 967. The Hall–Kier alpha value is -2.85. The van der Waals surface area contributed by atoms with Gasteiger partial charge in [-0.2, -0.15) is 0 Å². The minimum atomic E-state index is -0.937. The highest BCUT2D eigenvalue weighted by atomic mass is 32.1. The number of thiophene rings is 1. The summed E-state index contributed by atoms with van der Waals surface area (Å²) in [6, 6.07) is 18.0. The topological polar surface area (TPSA) is 46.5 Å². The van der Waals surface area contributed by atoms with Gasteiger partial charge in [0.15, 0.2) is 4.88 Å². The molecule has 1 aromatic heterocycles. The van der Waals surface area contributed by atoms with E-state index >= 15 is 0 Å². The molecule has 32 heavy (non-hydrogen) atoms. The molecule has 0 bridgehead atoms. The molecule has 3 aromatic rings. The molecule has 1 atom stereocenters. The van der Waals surface area contributed by atoms with Gasteiger partial charge in [-0.05, 0) is 61.9 Å². The van der Waals surface area contributed by atoms with Gasteiger partial charge in [0.05, 0.1) is 0 Å². The van der Waals surface area contributed by atoms with Gasteiger partial charge in [-0.15, -0.1) is 17.9 Å². The Kier molecular flexibility index (Phi) is 12.1. The fourth-order valence-corrected chi connectivity index (χ4v) is 3.30. The molecular formula is C28H36O3S. The Morgan fingerprint density at radius 3 is 1.97 bits per heavy atom. The first-order valence-electron chi connectivity index (χ1n) is 10.8. The maximum absolute atomic E-state index is 11.0. The van der Waals surface area contributed by atoms with E-state index in [9.17, 15) is 4.79 Å². The van der Waals surface area contributed by atoms with Crippen LogP contribution in [0, 0.1) is 33.6 Å². The molecule has 3 nitrogen and oxygen atoms in total. The second-order valence-electron chi connectivity index (χ2n) is 7.78. The number of aryl methyl sites for hydroxylation is 4. The largest absolute Gasteiger partial charge is 0.487 e. The lowest BCUT2D eigenvalue weighted by Crippen LogP contribution is -2.01. The number of hydrogen-bond donors (Lipinski definition) is 1. The Labute approximate surface area is 197 Å². The number of carboxylic acid groups (broad SMARTS) is 1. The number of benzene rings is 2. The van der Waals surface area contributed by atoms with Crippen LogP contribution < -0.4 is 4.74 Å². The van der Waals surface area contributed by atoms with Crippen LogP contribution in [0.25, 0.3) is 0 Å². The van der Waals surface area contributed by atoms with Crippen LogP contribution in [0.15, 0.2) is 67.3 Å². The first-order valence-corrected chi connectivity index (χ1v) is 11.7. The van der Waals surface area contributed by atoms with Gasteiger partial charge in [0, 0.05) is 4.88 Å². The predicted octanol–water partition coefficient (Wildman–Crippen LogP) is 8.16. The van der Waals surface area contributed by atoms with E-state index in [1.54, 1.807) is 6.07 Å². The number of carbonyl (C=O) groups is 1. The molecule has 0 unspecified atom stereocenters. The quantitative estimate of drug-likeness (QED) is 0.384. The maximum Gasteiger partial charge on any atom is 0.349 e. The molecule has 0 fully saturated rings. The zero-order chi connectivity index (χ0) is 24.1. The van der Waals surface area contributed by atoms with Gasteiger partial charge >= 0.3 is 5.97 Å². The maximum atomic E-state index is 11.0. The van der Waals surface area contributed by atoms with Crippen molar-refractivity contribution in [3.63, 3.8) is 0 Å². The minimum absolute atomic E-state index is 0.265. The molecule has 2 aromatic carbocycles. The van der Waals surface area contributed by atoms with Crippen LogP contribution in [0.5, 0.6) is 5.75 Å². The van der Waals surface area contributed by atoms with Crippen molar-refractivity contribution < 1.29 is 14.6 Å². The molecule has 0 amide bonds. The van der Waals surface area contributed by atoms with Gasteiger partial charge in [-0.25, -0.2) is 4.79 Å². The molecule has 4 heteroatoms. The highest BCUT2D eigenvalue weighted by Crippen LogP contribution is 2.29. The Balaban J connectivity index is 0.000000301. The third-order valence-corrected chi connectivity index (χ3v) is 6.15. The summed E-state index contributed by atoms with van der Waals surface area (Å²) in [4.78, 5) is 12.2. The van der Waals surface area contributed by atoms with E-state index in [0.29, 0.717) is 18.3 Å². The fourth-order valence-electron chi connectivity index (χ4n) is 2.50. The summed E-state index contributed by atoms with van der Waals surface area (Å²) in [5, 5.41) is 9.06. The lowest BCUT2D eigenvalue weighted by Gasteiger charge is -2.07. The lowest BCUT2D eigenvalue weighted by atomic mass is 10.1. The zero-order valence-corrected chi connectivity index (χ0v) is 21.0. The highest BCUT2D eigenvalue weighted by Gasteiger charge is 2.15. The van der Waals surface area contributed by atoms with Crippen molar-refractivity contribution in [1.82, 2.24) is 0 Å². The lowest BCUT2D eigenvalue weighted by molar-refractivity contribution is 0.0697. The Morgan fingerprint density at radius 1 is 1.03 bits per heavy atom. The summed E-state index contributed by atoms with van der Waals surface area (Å²) in [6.07, 6.45) is 3.18. The molecule has 1 heterocycles. The van der Waals surface area contributed by atoms with Crippen LogP contribution in [-0.2, 0) is 6.61 Å². The monoisotopic (exact) mass is 452 g/mol. The van der Waals surface area contributed by atoms with Crippen molar-refractivity contribution in [2.45, 2.75) is 54.6 Å². The van der Waals surface area contributed by atoms with Gasteiger partial charge in [0.25, 0.3) is 0 Å². The first-order chi connectivity index (χ1) is 15.2. The number of aromatic carboxylic acids is 1. The summed E-state index contributed by atoms with van der Waals surface area (Å²) in [5.41, 5.74) is 4.94. The van der Waals surface area contributed by atoms with E-state index in [2.05, 4.69) is 58.5 Å². The van der Waals surface area contributed by atoms with Gasteiger partial charge in [-0.3, -0.25) is 0 Å². The van der Waals surface area contributed by atoms with Crippen LogP contribution in [0.3, 0.4) is 0 Å². The molecule has 0 spiro atoms. The van der Waals surface area contributed by atoms with E-state index in [1.165, 1.54) is 28.9 Å². The van der Waals surface area contributed by atoms with E-state index in [1.807, 2.05) is 44.2 Å². The summed E-state index contributed by atoms with van der Waals surface area (Å²) in [6.45, 7) is 16.5. The second kappa shape index (κ2) is 14.3. The van der Waals surface area contributed by atoms with Gasteiger partial charge in [-0.1, -0.05) is 74.9 Å². The van der Waals surface area contributed by atoms with Crippen LogP contribution in [-0.4, -0.2) is 11.1 Å². The van der Waals surface area contributed by atoms with Crippen LogP contribution in [0.4, 0.5) is 0 Å². The van der Waals surface area contributed by atoms with Crippen molar-refractivity contribution in [1.29, 1.82) is 0 Å². The van der Waals surface area contributed by atoms with Gasteiger partial charge in [0.1, 0.15) is 12.4 Å². The molecule has 3 rings (SSSR count). The second-order valence-corrected chi connectivity index (χ2v) is 9.03. The number of allylic oxidation sites excluding steroid dienone is 1. The smallest absolute Gasteiger partial charge is 0.349 e. The molecule has 0 radical (unpaired) electrons. The van der Waals surface area contributed by atoms with E-state index in [-0.39, 0.29) is 4.88 Å². The van der Waals surface area contributed by atoms with E-state index in [0.717, 1.165) is 16.0 Å². The molecular weight excluding hydrogens is 416 g/mol. The van der Waals surface area contributed by atoms with E-state index < -0.39 is 5.97 Å². The van der Waals surface area contributed by atoms with E-state index in [4.69, 9.17) is 9.84 Å². The molecule has 1 N–H and O–H groups in total. The van der Waals surface area contributed by atoms with Crippen molar-refractivity contribution in [3.8, 4) is 5.75 Å². The minimum Gasteiger partial charge on any atom is -0.487 e. The SMILES string of the molecule is C=C[C@H](C)CC.Cc1cc(OCc2ccccc2C)c(C(=O)O)s1.Cc1ccccc1C. The zero-order valence-electron chi connectivity index (χ0n) is 20.1. The predicted molar refractivity (Wildman–Crippen MR) is 137 cm³/mol. The van der Waals surface area contributed by atoms with Crippen molar-refractivity contribution in [3.05, 3.63) is 99.3 Å². The summed E-state index contributed by atoms with van der Waals surface area (Å²) >= 11 is 1.24. The summed E-state index contributed by atoms with van der Waals surface area (Å²) in [7, 11) is 0. The molecule has 0 aliphatic carbocycles. The number of carboxylic acids is 1. The average molecular weight is 453 g/mol. The van der Waals surface area contributed by atoms with Crippen LogP contribution in [0.2, 0.25) is 0 Å². The third-order valence-electron chi connectivity index (χ3n) is 5.13. The molecule has 0 aliphatic rings. The van der Waals surface area contributed by atoms with Crippen molar-refractivity contribution in [2.24, 2.45) is 5.92 Å². The molecule has 0 saturated heterocycles. The highest BCUT2D eigenvalue weighted by molar-refractivity contribution is 7.14. The third kappa shape index (κ3) is 9.52. The first kappa shape index (κ1) is 27.2. The standard InChI is InChI=1S/C14H14O3S.C8H10.C6H12/c1-9-5-3-4-6-11(9)8-17-12-7-10(2)18-13(12)14(15)16;1-7-5-3-4-6-8(7)2;1-4-6(3)5-2/h3-7H,8H2,1-2H3,(H,15,16);3-6H,1-2H3;4,6H,1,5H2,2-3H3/t;;6-/m..0/s1. The average Bonchev–Trinajstić information content (AvgIpc) is 3.16. The molecule has 0 saturated carbocycles. The van der Waals surface area contributed by atoms with Crippen molar-refractivity contribution in [2.75, 3.05) is 0 Å². The molecule has 172 valence electrons. The normalized spacial score (nSPS) is 10.7. The number of hydrogen-bond acceptors (Lipinski definition) is 3. The van der Waals surface area contributed by atoms with Gasteiger partial charge < -0.3 is 9.84 Å². The van der Waals surface area contributed by atoms with Crippen LogP contribution >= 0.6 is 11.3 Å². The Morgan fingerprint density at radius 2 is 1.56 bits per heavy atom. The van der Waals surface area contributed by atoms with Gasteiger partial charge in [0.2, 0.25) is 0 Å². The van der Waals surface area contributed by atoms with Crippen LogP contribution in [0.1, 0.15) is 57.1 Å². The number of ether oxygens (including phenoxy) is 1. The number of rotatable bonds is 6. The summed E-state index contributed by atoms with van der Waals surface area (Å²) in [5.74, 6) is 0.214. The van der Waals surface area contributed by atoms with Crippen molar-refractivity contribution >= 4 is 17.3 Å². The summed E-state index contributed by atoms with van der Waals surface area (Å²) < 4.78 is 5.62.